The van der Waals surface area contributed by atoms with Gasteiger partial charge in [0.25, 0.3) is 0 Å². The van der Waals surface area contributed by atoms with Crippen molar-refractivity contribution in [3.05, 3.63) is 27.9 Å². The van der Waals surface area contributed by atoms with Gasteiger partial charge in [0.15, 0.2) is 0 Å². The van der Waals surface area contributed by atoms with Crippen molar-refractivity contribution in [2.45, 2.75) is 45.2 Å². The minimum atomic E-state index is 0.208. The van der Waals surface area contributed by atoms with Gasteiger partial charge in [-0.2, -0.15) is 0 Å². The Kier molecular flexibility index (Phi) is 3.13. The summed E-state index contributed by atoms with van der Waals surface area (Å²) in [5.74, 6) is 1.98. The highest BCUT2D eigenvalue weighted by Gasteiger charge is 2.29. The third-order valence-corrected chi connectivity index (χ3v) is 4.07. The topological polar surface area (TPSA) is 63.8 Å². The summed E-state index contributed by atoms with van der Waals surface area (Å²) in [7, 11) is 0. The van der Waals surface area contributed by atoms with Crippen LogP contribution in [0.2, 0.25) is 0 Å². The molecule has 1 aliphatic rings. The Morgan fingerprint density at radius 3 is 3.00 bits per heavy atom. The predicted octanol–water partition coefficient (Wildman–Crippen LogP) is 2.56. The normalized spacial score (nSPS) is 17.0. The molecule has 0 aliphatic heterocycles. The maximum absolute atomic E-state index is 5.60. The van der Waals surface area contributed by atoms with Crippen molar-refractivity contribution in [3.63, 3.8) is 0 Å². The molecule has 5 nitrogen and oxygen atoms in total. The molecule has 0 spiro atoms. The summed E-state index contributed by atoms with van der Waals surface area (Å²) >= 11 is 1.71. The molecule has 0 aromatic carbocycles. The lowest BCUT2D eigenvalue weighted by molar-refractivity contribution is 0.419. The maximum atomic E-state index is 5.60. The second-order valence-electron chi connectivity index (χ2n) is 4.72. The summed E-state index contributed by atoms with van der Waals surface area (Å²) in [4.78, 5) is 5.59. The van der Waals surface area contributed by atoms with E-state index in [2.05, 4.69) is 34.3 Å². The van der Waals surface area contributed by atoms with Gasteiger partial charge >= 0.3 is 0 Å². The van der Waals surface area contributed by atoms with E-state index in [9.17, 15) is 0 Å². The van der Waals surface area contributed by atoms with Crippen LogP contribution in [0.5, 0.6) is 0 Å². The van der Waals surface area contributed by atoms with E-state index < -0.39 is 0 Å². The average molecular weight is 264 g/mol. The van der Waals surface area contributed by atoms with Crippen LogP contribution < -0.4 is 5.32 Å². The fraction of sp³-hybridized carbons (Fsp3) is 0.583. The fourth-order valence-electron chi connectivity index (χ4n) is 1.73. The van der Waals surface area contributed by atoms with Crippen LogP contribution in [-0.2, 0) is 6.54 Å². The molecule has 0 amide bonds. The number of hydrogen-bond acceptors (Lipinski definition) is 6. The smallest absolute Gasteiger partial charge is 0.230 e. The van der Waals surface area contributed by atoms with E-state index in [1.807, 2.05) is 6.20 Å². The predicted molar refractivity (Wildman–Crippen MR) is 68.4 cm³/mol. The van der Waals surface area contributed by atoms with Crippen molar-refractivity contribution in [2.24, 2.45) is 0 Å². The zero-order chi connectivity index (χ0) is 12.5. The molecular weight excluding hydrogens is 248 g/mol. The summed E-state index contributed by atoms with van der Waals surface area (Å²) in [5, 5.41) is 12.6. The molecule has 0 bridgehead atoms. The SMILES string of the molecule is Cc1cnc(C(C)NCc2nnc(C3CC3)o2)s1. The number of rotatable bonds is 5. The molecule has 1 unspecified atom stereocenters. The number of aryl methyl sites for hydroxylation is 1. The van der Waals surface area contributed by atoms with E-state index in [4.69, 9.17) is 4.42 Å². The summed E-state index contributed by atoms with van der Waals surface area (Å²) < 4.78 is 5.60. The monoisotopic (exact) mass is 264 g/mol. The van der Waals surface area contributed by atoms with Crippen molar-refractivity contribution >= 4 is 11.3 Å². The van der Waals surface area contributed by atoms with Crippen LogP contribution in [0.1, 0.15) is 53.4 Å². The Bertz CT molecular complexity index is 532. The van der Waals surface area contributed by atoms with Crippen LogP contribution in [0.4, 0.5) is 0 Å². The number of thiazole rings is 1. The lowest BCUT2D eigenvalue weighted by Crippen LogP contribution is -2.18. The van der Waals surface area contributed by atoms with Gasteiger partial charge in [-0.1, -0.05) is 0 Å². The lowest BCUT2D eigenvalue weighted by Gasteiger charge is -2.08. The molecule has 1 aliphatic carbocycles. The number of aromatic nitrogens is 3. The van der Waals surface area contributed by atoms with E-state index >= 15 is 0 Å². The van der Waals surface area contributed by atoms with Gasteiger partial charge in [0, 0.05) is 17.0 Å². The van der Waals surface area contributed by atoms with Crippen molar-refractivity contribution in [2.75, 3.05) is 0 Å². The first kappa shape index (κ1) is 11.8. The van der Waals surface area contributed by atoms with E-state index in [0.717, 1.165) is 10.9 Å². The Morgan fingerprint density at radius 1 is 1.50 bits per heavy atom. The molecule has 0 radical (unpaired) electrons. The third kappa shape index (κ3) is 2.59. The summed E-state index contributed by atoms with van der Waals surface area (Å²) in [6.45, 7) is 4.75. The first-order valence-electron chi connectivity index (χ1n) is 6.20. The summed E-state index contributed by atoms with van der Waals surface area (Å²) in [6, 6.07) is 0.208. The van der Waals surface area contributed by atoms with Crippen LogP contribution in [0, 0.1) is 6.92 Å². The van der Waals surface area contributed by atoms with Crippen LogP contribution in [-0.4, -0.2) is 15.2 Å². The number of hydrogen-bond donors (Lipinski definition) is 1. The van der Waals surface area contributed by atoms with E-state index in [-0.39, 0.29) is 6.04 Å². The first-order chi connectivity index (χ1) is 8.72. The first-order valence-corrected chi connectivity index (χ1v) is 7.02. The Morgan fingerprint density at radius 2 is 2.33 bits per heavy atom. The number of nitrogens with zero attached hydrogens (tertiary/aromatic N) is 3. The van der Waals surface area contributed by atoms with Gasteiger partial charge < -0.3 is 4.42 Å². The average Bonchev–Trinajstić information content (AvgIpc) is 2.95. The molecule has 0 saturated heterocycles. The largest absolute Gasteiger partial charge is 0.424 e. The molecule has 2 aromatic rings. The molecule has 96 valence electrons. The molecule has 6 heteroatoms. The van der Waals surface area contributed by atoms with Gasteiger partial charge in [-0.3, -0.25) is 5.32 Å². The van der Waals surface area contributed by atoms with Gasteiger partial charge in [-0.15, -0.1) is 21.5 Å². The van der Waals surface area contributed by atoms with Gasteiger partial charge in [0.05, 0.1) is 12.6 Å². The molecule has 18 heavy (non-hydrogen) atoms. The molecule has 3 rings (SSSR count). The number of nitrogens with one attached hydrogen (secondary N) is 1. The molecule has 2 aromatic heterocycles. The summed E-state index contributed by atoms with van der Waals surface area (Å²) in [5.41, 5.74) is 0. The zero-order valence-electron chi connectivity index (χ0n) is 10.5. The molecule has 1 fully saturated rings. The van der Waals surface area contributed by atoms with Crippen LogP contribution in [0.3, 0.4) is 0 Å². The van der Waals surface area contributed by atoms with Crippen molar-refractivity contribution < 1.29 is 4.42 Å². The van der Waals surface area contributed by atoms with E-state index in [1.165, 1.54) is 17.7 Å². The molecule has 2 heterocycles. The minimum absolute atomic E-state index is 0.208. The van der Waals surface area contributed by atoms with Crippen molar-refractivity contribution in [1.29, 1.82) is 0 Å². The third-order valence-electron chi connectivity index (χ3n) is 2.98. The lowest BCUT2D eigenvalue weighted by atomic mass is 10.3. The minimum Gasteiger partial charge on any atom is -0.424 e. The quantitative estimate of drug-likeness (QED) is 0.899. The zero-order valence-corrected chi connectivity index (χ0v) is 11.3. The molecule has 1 atom stereocenters. The van der Waals surface area contributed by atoms with Crippen molar-refractivity contribution in [1.82, 2.24) is 20.5 Å². The maximum Gasteiger partial charge on any atom is 0.230 e. The van der Waals surface area contributed by atoms with Gasteiger partial charge in [-0.05, 0) is 26.7 Å². The molecule has 1 saturated carbocycles. The second kappa shape index (κ2) is 4.78. The van der Waals surface area contributed by atoms with Gasteiger partial charge in [-0.25, -0.2) is 4.98 Å². The molecule has 1 N–H and O–H groups in total. The Balaban J connectivity index is 1.56. The van der Waals surface area contributed by atoms with E-state index in [0.29, 0.717) is 18.4 Å². The molecular formula is C12H16N4OS. The fourth-order valence-corrected chi connectivity index (χ4v) is 2.53. The van der Waals surface area contributed by atoms with Crippen LogP contribution in [0.15, 0.2) is 10.6 Å². The second-order valence-corrected chi connectivity index (χ2v) is 5.99. The summed E-state index contributed by atoms with van der Waals surface area (Å²) in [6.07, 6.45) is 4.27. The van der Waals surface area contributed by atoms with Gasteiger partial charge in [0.1, 0.15) is 5.01 Å². The highest BCUT2D eigenvalue weighted by Crippen LogP contribution is 2.38. The van der Waals surface area contributed by atoms with Crippen molar-refractivity contribution in [3.8, 4) is 0 Å². The highest BCUT2D eigenvalue weighted by molar-refractivity contribution is 7.11. The standard InChI is InChI=1S/C12H16N4OS/c1-7-5-14-12(18-7)8(2)13-6-10-15-16-11(17-10)9-3-4-9/h5,8-9,13H,3-4,6H2,1-2H3. The van der Waals surface area contributed by atoms with E-state index in [1.54, 1.807) is 11.3 Å². The van der Waals surface area contributed by atoms with Gasteiger partial charge in [0.2, 0.25) is 11.8 Å². The Hall–Kier alpha value is -1.27. The Labute approximate surface area is 110 Å². The highest BCUT2D eigenvalue weighted by atomic mass is 32.1. The van der Waals surface area contributed by atoms with Crippen LogP contribution >= 0.6 is 11.3 Å². The van der Waals surface area contributed by atoms with Crippen LogP contribution in [0.25, 0.3) is 0 Å².